The van der Waals surface area contributed by atoms with Crippen LogP contribution < -0.4 is 10.0 Å². The molecule has 0 aliphatic carbocycles. The Kier molecular flexibility index (Phi) is 4.64. The van der Waals surface area contributed by atoms with Crippen molar-refractivity contribution in [3.63, 3.8) is 0 Å². The minimum absolute atomic E-state index is 0.105. The Bertz CT molecular complexity index is 358. The summed E-state index contributed by atoms with van der Waals surface area (Å²) in [5, 5.41) is 3.26. The average Bonchev–Trinajstić information content (AvgIpc) is 2.76. The first kappa shape index (κ1) is 14.2. The molecule has 2 unspecified atom stereocenters. The summed E-state index contributed by atoms with van der Waals surface area (Å²) in [5.41, 5.74) is -0.312. The largest absolute Gasteiger partial charge is 0.374 e. The summed E-state index contributed by atoms with van der Waals surface area (Å²) in [7, 11) is -3.20. The Balaban J connectivity index is 1.79. The number of piperidine rings is 1. The summed E-state index contributed by atoms with van der Waals surface area (Å²) in [6.07, 6.45) is 5.16. The highest BCUT2D eigenvalue weighted by Crippen LogP contribution is 2.24. The number of rotatable bonds is 5. The zero-order chi connectivity index (χ0) is 13.1. The third-order valence-corrected chi connectivity index (χ3v) is 5.22. The lowest BCUT2D eigenvalue weighted by Gasteiger charge is -2.26. The van der Waals surface area contributed by atoms with E-state index in [1.54, 1.807) is 0 Å². The second-order valence-corrected chi connectivity index (χ2v) is 7.50. The van der Waals surface area contributed by atoms with Crippen molar-refractivity contribution in [3.8, 4) is 0 Å². The zero-order valence-electron chi connectivity index (χ0n) is 11.1. The second-order valence-electron chi connectivity index (χ2n) is 5.65. The van der Waals surface area contributed by atoms with E-state index in [9.17, 15) is 8.42 Å². The number of nitrogens with one attached hydrogen (secondary N) is 2. The van der Waals surface area contributed by atoms with Crippen molar-refractivity contribution in [1.82, 2.24) is 10.0 Å². The van der Waals surface area contributed by atoms with Crippen LogP contribution in [-0.4, -0.2) is 45.5 Å². The molecule has 6 heteroatoms. The van der Waals surface area contributed by atoms with Crippen LogP contribution in [0.3, 0.4) is 0 Å². The molecule has 2 N–H and O–H groups in total. The minimum atomic E-state index is -3.20. The maximum absolute atomic E-state index is 12.0. The van der Waals surface area contributed by atoms with E-state index in [0.29, 0.717) is 6.54 Å². The molecular weight excluding hydrogens is 252 g/mol. The van der Waals surface area contributed by atoms with Crippen molar-refractivity contribution in [2.75, 3.05) is 25.4 Å². The Morgan fingerprint density at radius 2 is 2.22 bits per heavy atom. The van der Waals surface area contributed by atoms with Crippen molar-refractivity contribution in [3.05, 3.63) is 0 Å². The van der Waals surface area contributed by atoms with E-state index < -0.39 is 10.0 Å². The molecule has 106 valence electrons. The van der Waals surface area contributed by atoms with Crippen LogP contribution >= 0.6 is 0 Å². The van der Waals surface area contributed by atoms with Gasteiger partial charge in [-0.25, -0.2) is 13.1 Å². The third-order valence-electron chi connectivity index (χ3n) is 3.80. The van der Waals surface area contributed by atoms with Gasteiger partial charge < -0.3 is 10.1 Å². The van der Waals surface area contributed by atoms with Crippen LogP contribution in [0, 0.1) is 0 Å². The predicted molar refractivity (Wildman–Crippen MR) is 71.0 cm³/mol. The van der Waals surface area contributed by atoms with E-state index in [4.69, 9.17) is 4.74 Å². The molecule has 5 nitrogen and oxygen atoms in total. The van der Waals surface area contributed by atoms with Crippen molar-refractivity contribution in [2.45, 2.75) is 50.7 Å². The standard InChI is InChI=1S/C12H24N2O3S/c1-12(6-4-8-17-12)10-14-18(15,16)9-11-5-2-3-7-13-11/h11,13-14H,2-10H2,1H3. The molecule has 18 heavy (non-hydrogen) atoms. The minimum Gasteiger partial charge on any atom is -0.374 e. The molecule has 2 aliphatic rings. The molecule has 0 aromatic heterocycles. The second kappa shape index (κ2) is 5.86. The van der Waals surface area contributed by atoms with Crippen LogP contribution in [0.15, 0.2) is 0 Å². The normalized spacial score (nSPS) is 33.7. The van der Waals surface area contributed by atoms with E-state index in [1.807, 2.05) is 6.92 Å². The Labute approximate surface area is 110 Å². The van der Waals surface area contributed by atoms with E-state index >= 15 is 0 Å². The molecule has 2 fully saturated rings. The number of hydrogen-bond acceptors (Lipinski definition) is 4. The smallest absolute Gasteiger partial charge is 0.213 e. The number of hydrogen-bond donors (Lipinski definition) is 2. The Morgan fingerprint density at radius 1 is 1.39 bits per heavy atom. The molecule has 2 rings (SSSR count). The van der Waals surface area contributed by atoms with Crippen molar-refractivity contribution >= 4 is 10.0 Å². The molecule has 2 atom stereocenters. The molecule has 0 saturated carbocycles. The molecular formula is C12H24N2O3S. The first-order valence-corrected chi connectivity index (χ1v) is 8.49. The summed E-state index contributed by atoms with van der Waals surface area (Å²) < 4.78 is 32.3. The van der Waals surface area contributed by atoms with Crippen LogP contribution in [0.4, 0.5) is 0 Å². The van der Waals surface area contributed by atoms with Gasteiger partial charge in [0.15, 0.2) is 0 Å². The third kappa shape index (κ3) is 4.19. The van der Waals surface area contributed by atoms with Gasteiger partial charge in [-0.15, -0.1) is 0 Å². The lowest BCUT2D eigenvalue weighted by atomic mass is 10.0. The molecule has 0 spiro atoms. The highest BCUT2D eigenvalue weighted by molar-refractivity contribution is 7.89. The summed E-state index contributed by atoms with van der Waals surface area (Å²) in [4.78, 5) is 0. The van der Waals surface area contributed by atoms with Crippen LogP contribution in [0.2, 0.25) is 0 Å². The van der Waals surface area contributed by atoms with Gasteiger partial charge in [-0.05, 0) is 39.2 Å². The van der Waals surface area contributed by atoms with Gasteiger partial charge >= 0.3 is 0 Å². The van der Waals surface area contributed by atoms with Gasteiger partial charge in [0, 0.05) is 19.2 Å². The fraction of sp³-hybridized carbons (Fsp3) is 1.00. The monoisotopic (exact) mass is 276 g/mol. The Morgan fingerprint density at radius 3 is 2.83 bits per heavy atom. The van der Waals surface area contributed by atoms with Gasteiger partial charge in [0.05, 0.1) is 11.4 Å². The molecule has 2 aliphatic heterocycles. The Hall–Kier alpha value is -0.170. The zero-order valence-corrected chi connectivity index (χ0v) is 11.9. The predicted octanol–water partition coefficient (Wildman–Crippen LogP) is 0.617. The number of ether oxygens (including phenoxy) is 1. The fourth-order valence-corrected chi connectivity index (χ4v) is 4.09. The highest BCUT2D eigenvalue weighted by Gasteiger charge is 2.31. The summed E-state index contributed by atoms with van der Waals surface area (Å²) in [6, 6.07) is 0.105. The lowest BCUT2D eigenvalue weighted by Crippen LogP contribution is -2.46. The first-order valence-electron chi connectivity index (χ1n) is 6.84. The van der Waals surface area contributed by atoms with Gasteiger partial charge in [0.25, 0.3) is 0 Å². The maximum Gasteiger partial charge on any atom is 0.213 e. The summed E-state index contributed by atoms with van der Waals surface area (Å²) in [6.45, 7) is 4.03. The molecule has 0 aromatic carbocycles. The van der Waals surface area contributed by atoms with Gasteiger partial charge in [0.1, 0.15) is 0 Å². The summed E-state index contributed by atoms with van der Waals surface area (Å²) >= 11 is 0. The van der Waals surface area contributed by atoms with Crippen LogP contribution in [0.5, 0.6) is 0 Å². The van der Waals surface area contributed by atoms with Gasteiger partial charge in [-0.3, -0.25) is 0 Å². The van der Waals surface area contributed by atoms with Crippen LogP contribution in [0.1, 0.15) is 39.0 Å². The van der Waals surface area contributed by atoms with Crippen LogP contribution in [-0.2, 0) is 14.8 Å². The molecule has 2 heterocycles. The van der Waals surface area contributed by atoms with E-state index in [-0.39, 0.29) is 17.4 Å². The van der Waals surface area contributed by atoms with E-state index in [0.717, 1.165) is 45.3 Å². The number of sulfonamides is 1. The maximum atomic E-state index is 12.0. The van der Waals surface area contributed by atoms with Crippen molar-refractivity contribution < 1.29 is 13.2 Å². The molecule has 0 amide bonds. The van der Waals surface area contributed by atoms with Gasteiger partial charge in [-0.2, -0.15) is 0 Å². The SMILES string of the molecule is CC1(CNS(=O)(=O)CC2CCCCN2)CCCO1. The van der Waals surface area contributed by atoms with E-state index in [1.165, 1.54) is 0 Å². The topological polar surface area (TPSA) is 67.4 Å². The van der Waals surface area contributed by atoms with Gasteiger partial charge in [0.2, 0.25) is 10.0 Å². The van der Waals surface area contributed by atoms with Crippen molar-refractivity contribution in [1.29, 1.82) is 0 Å². The van der Waals surface area contributed by atoms with Crippen molar-refractivity contribution in [2.24, 2.45) is 0 Å². The highest BCUT2D eigenvalue weighted by atomic mass is 32.2. The lowest BCUT2D eigenvalue weighted by molar-refractivity contribution is 0.0250. The molecule has 2 saturated heterocycles. The van der Waals surface area contributed by atoms with Crippen LogP contribution in [0.25, 0.3) is 0 Å². The fourth-order valence-electron chi connectivity index (χ4n) is 2.63. The quantitative estimate of drug-likeness (QED) is 0.772. The van der Waals surface area contributed by atoms with Gasteiger partial charge in [-0.1, -0.05) is 6.42 Å². The molecule has 0 bridgehead atoms. The first-order chi connectivity index (χ1) is 8.49. The summed E-state index contributed by atoms with van der Waals surface area (Å²) in [5.74, 6) is 0.184. The molecule has 0 radical (unpaired) electrons. The average molecular weight is 276 g/mol. The van der Waals surface area contributed by atoms with E-state index in [2.05, 4.69) is 10.0 Å². The molecule has 0 aromatic rings.